The maximum atomic E-state index is 2.37. The van der Waals surface area contributed by atoms with E-state index < -0.39 is 0 Å². The summed E-state index contributed by atoms with van der Waals surface area (Å²) >= 11 is 0. The molecule has 0 saturated heterocycles. The zero-order valence-corrected chi connectivity index (χ0v) is 18.3. The topological polar surface area (TPSA) is 4.93 Å². The van der Waals surface area contributed by atoms with Gasteiger partial charge in [0.05, 0.1) is 11.0 Å². The van der Waals surface area contributed by atoms with Crippen LogP contribution in [0.25, 0.3) is 27.5 Å². The second-order valence-electron chi connectivity index (χ2n) is 5.72. The van der Waals surface area contributed by atoms with Crippen molar-refractivity contribution < 1.29 is 34.0 Å². The van der Waals surface area contributed by atoms with Crippen molar-refractivity contribution in [1.29, 1.82) is 0 Å². The second-order valence-corrected chi connectivity index (χ2v) is 5.72. The molecular weight excluding hydrogens is 438 g/mol. The fraction of sp³-hybridized carbons (Fsp3) is 0.100. The molecule has 3 aromatic carbocycles. The Morgan fingerprint density at radius 1 is 0.625 bits per heavy atom. The fourth-order valence-electron chi connectivity index (χ4n) is 3.28. The molecule has 118 valence electrons. The molecule has 0 fully saturated rings. The largest absolute Gasteiger partial charge is 2.00 e. The molecule has 4 heteroatoms. The van der Waals surface area contributed by atoms with E-state index in [1.165, 1.54) is 38.6 Å². The predicted octanol–water partition coefficient (Wildman–Crippen LogP) is -0.972. The van der Waals surface area contributed by atoms with E-state index >= 15 is 0 Å². The molecule has 0 aliphatic rings. The molecule has 0 atom stereocenters. The van der Waals surface area contributed by atoms with E-state index in [0.717, 1.165) is 0 Å². The van der Waals surface area contributed by atoms with Crippen LogP contribution in [-0.4, -0.2) is 27.6 Å². The quantitative estimate of drug-likeness (QED) is 0.326. The number of benzene rings is 3. The summed E-state index contributed by atoms with van der Waals surface area (Å²) in [6, 6.07) is 24.0. The van der Waals surface area contributed by atoms with Gasteiger partial charge in [0.15, 0.2) is 0 Å². The number of aromatic nitrogens is 1. The van der Waals surface area contributed by atoms with E-state index in [2.05, 4.69) is 85.1 Å². The summed E-state index contributed by atoms with van der Waals surface area (Å²) in [5.41, 5.74) is 6.37. The minimum absolute atomic E-state index is 0. The van der Waals surface area contributed by atoms with Crippen LogP contribution < -0.4 is 34.0 Å². The third-order valence-corrected chi connectivity index (χ3v) is 4.04. The summed E-state index contributed by atoms with van der Waals surface area (Å²) in [5, 5.41) is 2.62. The number of rotatable bonds is 1. The first-order chi connectivity index (χ1) is 10.2. The molecule has 0 amide bonds. The first kappa shape index (κ1) is 21.2. The Morgan fingerprint density at radius 2 is 1.04 bits per heavy atom. The molecule has 1 aromatic heterocycles. The van der Waals surface area contributed by atoms with Gasteiger partial charge < -0.3 is 38.5 Å². The molecule has 0 spiro atoms. The van der Waals surface area contributed by atoms with Crippen LogP contribution in [0.15, 0.2) is 66.7 Å². The average molecular weight is 455 g/mol. The van der Waals surface area contributed by atoms with Crippen molar-refractivity contribution in [2.75, 3.05) is 0 Å². The zero-order chi connectivity index (χ0) is 14.4. The minimum atomic E-state index is 0. The van der Waals surface area contributed by atoms with Gasteiger partial charge in [-0.2, -0.15) is 0 Å². The standard InChI is InChI=1S/C20H17N.2BrH.Mg/c1-14-11-15(2)13-16(12-14)21-19-9-5-3-7-17(19)18-8-4-6-10-20(18)21;;;/h3-13H,1-2H3;2*1H;/q;;;+2/p-2. The molecule has 4 rings (SSSR count). The number of aryl methyl sites for hydroxylation is 2. The second kappa shape index (κ2) is 8.52. The van der Waals surface area contributed by atoms with Gasteiger partial charge in [0, 0.05) is 16.5 Å². The number of hydrogen-bond donors (Lipinski definition) is 0. The molecule has 0 N–H and O–H groups in total. The van der Waals surface area contributed by atoms with Crippen LogP contribution in [-0.2, 0) is 0 Å². The summed E-state index contributed by atoms with van der Waals surface area (Å²) in [6.07, 6.45) is 0. The van der Waals surface area contributed by atoms with Crippen molar-refractivity contribution in [1.82, 2.24) is 4.57 Å². The van der Waals surface area contributed by atoms with Crippen LogP contribution >= 0.6 is 0 Å². The first-order valence-electron chi connectivity index (χ1n) is 7.31. The monoisotopic (exact) mass is 453 g/mol. The van der Waals surface area contributed by atoms with Gasteiger partial charge >= 0.3 is 23.1 Å². The Kier molecular flexibility index (Phi) is 7.54. The Hall–Kier alpha value is -0.814. The van der Waals surface area contributed by atoms with E-state index in [1.54, 1.807) is 0 Å². The van der Waals surface area contributed by atoms with E-state index in [1.807, 2.05) is 0 Å². The van der Waals surface area contributed by atoms with Crippen LogP contribution in [0.5, 0.6) is 0 Å². The summed E-state index contributed by atoms with van der Waals surface area (Å²) in [4.78, 5) is 0. The number of nitrogens with zero attached hydrogens (tertiary/aromatic N) is 1. The van der Waals surface area contributed by atoms with E-state index in [4.69, 9.17) is 0 Å². The maximum Gasteiger partial charge on any atom is 2.00 e. The van der Waals surface area contributed by atoms with Crippen molar-refractivity contribution in [2.24, 2.45) is 0 Å². The normalized spacial score (nSPS) is 9.92. The van der Waals surface area contributed by atoms with Crippen molar-refractivity contribution in [3.63, 3.8) is 0 Å². The van der Waals surface area contributed by atoms with Crippen LogP contribution in [0.3, 0.4) is 0 Å². The van der Waals surface area contributed by atoms with Gasteiger partial charge in [-0.15, -0.1) is 0 Å². The molecule has 1 nitrogen and oxygen atoms in total. The Labute approximate surface area is 179 Å². The Morgan fingerprint density at radius 3 is 1.50 bits per heavy atom. The molecule has 0 radical (unpaired) electrons. The molecule has 0 aliphatic heterocycles. The van der Waals surface area contributed by atoms with Gasteiger partial charge in [-0.25, -0.2) is 0 Å². The summed E-state index contributed by atoms with van der Waals surface area (Å²) in [5.74, 6) is 0. The van der Waals surface area contributed by atoms with Crippen LogP contribution in [0.1, 0.15) is 11.1 Å². The molecule has 0 aliphatic carbocycles. The summed E-state index contributed by atoms with van der Waals surface area (Å²) < 4.78 is 2.37. The minimum Gasteiger partial charge on any atom is -1.00 e. The van der Waals surface area contributed by atoms with E-state index in [9.17, 15) is 0 Å². The van der Waals surface area contributed by atoms with Crippen LogP contribution in [0.4, 0.5) is 0 Å². The van der Waals surface area contributed by atoms with E-state index in [-0.39, 0.29) is 57.0 Å². The van der Waals surface area contributed by atoms with Gasteiger partial charge in [0.25, 0.3) is 0 Å². The third kappa shape index (κ3) is 3.57. The van der Waals surface area contributed by atoms with E-state index in [0.29, 0.717) is 0 Å². The molecular formula is C20H17Br2MgN. The van der Waals surface area contributed by atoms with Crippen LogP contribution in [0.2, 0.25) is 0 Å². The predicted molar refractivity (Wildman–Crippen MR) is 96.0 cm³/mol. The van der Waals surface area contributed by atoms with Gasteiger partial charge in [0.1, 0.15) is 0 Å². The molecule has 0 bridgehead atoms. The van der Waals surface area contributed by atoms with Gasteiger partial charge in [-0.1, -0.05) is 42.5 Å². The number of fused-ring (bicyclic) bond motifs is 3. The number of hydrogen-bond acceptors (Lipinski definition) is 0. The molecule has 24 heavy (non-hydrogen) atoms. The molecule has 0 saturated carbocycles. The maximum absolute atomic E-state index is 2.37. The van der Waals surface area contributed by atoms with Gasteiger partial charge in [-0.05, 0) is 49.2 Å². The summed E-state index contributed by atoms with van der Waals surface area (Å²) in [7, 11) is 0. The molecule has 0 unspecified atom stereocenters. The Bertz CT molecular complexity index is 902. The fourth-order valence-corrected chi connectivity index (χ4v) is 3.28. The Balaban J connectivity index is 0.000000960. The molecule has 1 heterocycles. The van der Waals surface area contributed by atoms with Crippen molar-refractivity contribution in [3.05, 3.63) is 77.9 Å². The SMILES string of the molecule is Cc1cc(C)cc(-n2c3ccccc3c3ccccc32)c1.[Br-].[Br-].[Mg+2]. The number of halogens is 2. The third-order valence-electron chi connectivity index (χ3n) is 4.04. The van der Waals surface area contributed by atoms with Crippen molar-refractivity contribution in [2.45, 2.75) is 13.8 Å². The van der Waals surface area contributed by atoms with Crippen molar-refractivity contribution in [3.8, 4) is 5.69 Å². The van der Waals surface area contributed by atoms with Crippen molar-refractivity contribution >= 4 is 44.9 Å². The zero-order valence-electron chi connectivity index (χ0n) is 13.8. The van der Waals surface area contributed by atoms with Crippen LogP contribution in [0, 0.1) is 13.8 Å². The first-order valence-corrected chi connectivity index (χ1v) is 7.31. The summed E-state index contributed by atoms with van der Waals surface area (Å²) in [6.45, 7) is 4.31. The average Bonchev–Trinajstić information content (AvgIpc) is 2.81. The van der Waals surface area contributed by atoms with Gasteiger partial charge in [-0.3, -0.25) is 0 Å². The smallest absolute Gasteiger partial charge is 1.00 e. The van der Waals surface area contributed by atoms with Gasteiger partial charge in [0.2, 0.25) is 0 Å². The molecule has 4 aromatic rings. The number of para-hydroxylation sites is 2.